The Morgan fingerprint density at radius 1 is 1.14 bits per heavy atom. The molecule has 2 N–H and O–H groups in total. The molecule has 0 spiro atoms. The van der Waals surface area contributed by atoms with Crippen LogP contribution in [-0.4, -0.2) is 13.7 Å². The zero-order valence-electron chi connectivity index (χ0n) is 12.0. The van der Waals surface area contributed by atoms with Gasteiger partial charge in [-0.05, 0) is 35.4 Å². The van der Waals surface area contributed by atoms with E-state index in [2.05, 4.69) is 6.07 Å². The predicted octanol–water partition coefficient (Wildman–Crippen LogP) is 2.84. The summed E-state index contributed by atoms with van der Waals surface area (Å²) in [6.07, 6.45) is 0. The van der Waals surface area contributed by atoms with Crippen LogP contribution in [0.4, 0.5) is 0 Å². The lowest BCUT2D eigenvalue weighted by molar-refractivity contribution is 0.305. The van der Waals surface area contributed by atoms with Crippen molar-refractivity contribution in [1.29, 1.82) is 5.26 Å². The number of rotatable bonds is 6. The monoisotopic (exact) mass is 282 g/mol. The lowest BCUT2D eigenvalue weighted by atomic mass is 10.0. The second-order valence-corrected chi connectivity index (χ2v) is 4.63. The summed E-state index contributed by atoms with van der Waals surface area (Å²) in [6, 6.07) is 17.4. The molecule has 4 heteroatoms. The maximum absolute atomic E-state index is 9.04. The standard InChI is InChI=1S/C17H18N2O2/c1-20-16-7-5-13(6-8-16)12-21-17-4-2-3-14(9-17)15(10-18)11-19/h2-9,15H,10,12,18H2,1H3. The summed E-state index contributed by atoms with van der Waals surface area (Å²) in [5.41, 5.74) is 7.52. The first-order valence-corrected chi connectivity index (χ1v) is 6.72. The van der Waals surface area contributed by atoms with E-state index in [0.29, 0.717) is 13.2 Å². The average Bonchev–Trinajstić information content (AvgIpc) is 2.55. The summed E-state index contributed by atoms with van der Waals surface area (Å²) in [5.74, 6) is 1.26. The first-order chi connectivity index (χ1) is 10.3. The van der Waals surface area contributed by atoms with Crippen molar-refractivity contribution in [2.75, 3.05) is 13.7 Å². The van der Waals surface area contributed by atoms with Crippen LogP contribution in [0.15, 0.2) is 48.5 Å². The van der Waals surface area contributed by atoms with E-state index in [1.165, 1.54) is 0 Å². The van der Waals surface area contributed by atoms with Crippen molar-refractivity contribution in [3.8, 4) is 17.6 Å². The van der Waals surface area contributed by atoms with E-state index in [0.717, 1.165) is 22.6 Å². The smallest absolute Gasteiger partial charge is 0.120 e. The molecule has 0 saturated heterocycles. The third-order valence-electron chi connectivity index (χ3n) is 3.22. The first-order valence-electron chi connectivity index (χ1n) is 6.72. The minimum absolute atomic E-state index is 0.297. The molecule has 0 bridgehead atoms. The van der Waals surface area contributed by atoms with E-state index < -0.39 is 0 Å². The Hall–Kier alpha value is -2.51. The quantitative estimate of drug-likeness (QED) is 0.884. The van der Waals surface area contributed by atoms with Gasteiger partial charge in [-0.15, -0.1) is 0 Å². The molecule has 0 aliphatic carbocycles. The van der Waals surface area contributed by atoms with E-state index >= 15 is 0 Å². The molecule has 0 aliphatic heterocycles. The van der Waals surface area contributed by atoms with Gasteiger partial charge in [0.25, 0.3) is 0 Å². The fourth-order valence-electron chi connectivity index (χ4n) is 1.97. The SMILES string of the molecule is COc1ccc(COc2cccc(C(C#N)CN)c2)cc1. The third-order valence-corrected chi connectivity index (χ3v) is 3.22. The second-order valence-electron chi connectivity index (χ2n) is 4.63. The van der Waals surface area contributed by atoms with E-state index in [-0.39, 0.29) is 5.92 Å². The van der Waals surface area contributed by atoms with Gasteiger partial charge in [0, 0.05) is 6.54 Å². The number of nitrogens with two attached hydrogens (primary N) is 1. The molecular formula is C17H18N2O2. The minimum Gasteiger partial charge on any atom is -0.497 e. The molecule has 1 atom stereocenters. The summed E-state index contributed by atoms with van der Waals surface area (Å²) < 4.78 is 10.9. The molecule has 0 aromatic heterocycles. The van der Waals surface area contributed by atoms with Gasteiger partial charge < -0.3 is 15.2 Å². The van der Waals surface area contributed by atoms with Crippen LogP contribution in [0.1, 0.15) is 17.0 Å². The minimum atomic E-state index is -0.297. The van der Waals surface area contributed by atoms with E-state index in [4.69, 9.17) is 20.5 Å². The second kappa shape index (κ2) is 7.32. The molecule has 1 unspecified atom stereocenters. The molecule has 0 saturated carbocycles. The third kappa shape index (κ3) is 3.98. The van der Waals surface area contributed by atoms with Crippen LogP contribution in [-0.2, 0) is 6.61 Å². The van der Waals surface area contributed by atoms with Crippen LogP contribution in [0.5, 0.6) is 11.5 Å². The molecule has 2 rings (SSSR count). The van der Waals surface area contributed by atoms with E-state index in [9.17, 15) is 0 Å². The van der Waals surface area contributed by atoms with Crippen molar-refractivity contribution in [1.82, 2.24) is 0 Å². The number of hydrogen-bond acceptors (Lipinski definition) is 4. The zero-order chi connectivity index (χ0) is 15.1. The number of hydrogen-bond donors (Lipinski definition) is 1. The summed E-state index contributed by atoms with van der Waals surface area (Å²) in [6.45, 7) is 0.770. The Bertz CT molecular complexity index is 617. The Morgan fingerprint density at radius 3 is 2.52 bits per heavy atom. The summed E-state index contributed by atoms with van der Waals surface area (Å²) in [4.78, 5) is 0. The molecule has 4 nitrogen and oxygen atoms in total. The van der Waals surface area contributed by atoms with E-state index in [1.807, 2.05) is 48.5 Å². The molecule has 0 aliphatic rings. The molecule has 0 heterocycles. The van der Waals surface area contributed by atoms with Gasteiger partial charge >= 0.3 is 0 Å². The van der Waals surface area contributed by atoms with Gasteiger partial charge in [-0.2, -0.15) is 5.26 Å². The van der Waals surface area contributed by atoms with Crippen molar-refractivity contribution in [3.05, 3.63) is 59.7 Å². The number of methoxy groups -OCH3 is 1. The van der Waals surface area contributed by atoms with Gasteiger partial charge in [0.2, 0.25) is 0 Å². The van der Waals surface area contributed by atoms with Gasteiger partial charge in [-0.3, -0.25) is 0 Å². The van der Waals surface area contributed by atoms with Crippen molar-refractivity contribution >= 4 is 0 Å². The lowest BCUT2D eigenvalue weighted by Crippen LogP contribution is -2.10. The van der Waals surface area contributed by atoms with Crippen LogP contribution < -0.4 is 15.2 Å². The molecule has 21 heavy (non-hydrogen) atoms. The summed E-state index contributed by atoms with van der Waals surface area (Å²) in [5, 5.41) is 9.04. The van der Waals surface area contributed by atoms with Crippen molar-refractivity contribution in [2.45, 2.75) is 12.5 Å². The highest BCUT2D eigenvalue weighted by molar-refractivity contribution is 5.34. The predicted molar refractivity (Wildman–Crippen MR) is 81.2 cm³/mol. The normalized spacial score (nSPS) is 11.5. The fourth-order valence-corrected chi connectivity index (χ4v) is 1.97. The van der Waals surface area contributed by atoms with Gasteiger partial charge in [0.05, 0.1) is 19.1 Å². The van der Waals surface area contributed by atoms with Crippen LogP contribution in [0.3, 0.4) is 0 Å². The lowest BCUT2D eigenvalue weighted by Gasteiger charge is -2.10. The number of nitriles is 1. The van der Waals surface area contributed by atoms with Crippen molar-refractivity contribution < 1.29 is 9.47 Å². The molecule has 108 valence electrons. The highest BCUT2D eigenvalue weighted by atomic mass is 16.5. The van der Waals surface area contributed by atoms with Crippen molar-refractivity contribution in [3.63, 3.8) is 0 Å². The molecule has 0 amide bonds. The molecule has 0 fully saturated rings. The van der Waals surface area contributed by atoms with Crippen LogP contribution in [0, 0.1) is 11.3 Å². The topological polar surface area (TPSA) is 68.3 Å². The highest BCUT2D eigenvalue weighted by Crippen LogP contribution is 2.21. The van der Waals surface area contributed by atoms with Gasteiger partial charge in [-0.1, -0.05) is 24.3 Å². The van der Waals surface area contributed by atoms with Gasteiger partial charge in [0.1, 0.15) is 18.1 Å². The van der Waals surface area contributed by atoms with Crippen LogP contribution >= 0.6 is 0 Å². The van der Waals surface area contributed by atoms with E-state index in [1.54, 1.807) is 7.11 Å². The Labute approximate surface area is 124 Å². The fraction of sp³-hybridized carbons (Fsp3) is 0.235. The first kappa shape index (κ1) is 14.9. The van der Waals surface area contributed by atoms with Crippen LogP contribution in [0.25, 0.3) is 0 Å². The molecular weight excluding hydrogens is 264 g/mol. The summed E-state index contributed by atoms with van der Waals surface area (Å²) in [7, 11) is 1.64. The number of ether oxygens (including phenoxy) is 2. The van der Waals surface area contributed by atoms with Crippen molar-refractivity contribution in [2.24, 2.45) is 5.73 Å². The average molecular weight is 282 g/mol. The molecule has 2 aromatic carbocycles. The van der Waals surface area contributed by atoms with Gasteiger partial charge in [0.15, 0.2) is 0 Å². The zero-order valence-corrected chi connectivity index (χ0v) is 12.0. The number of nitrogens with zero attached hydrogens (tertiary/aromatic N) is 1. The van der Waals surface area contributed by atoms with Gasteiger partial charge in [-0.25, -0.2) is 0 Å². The largest absolute Gasteiger partial charge is 0.497 e. The number of benzene rings is 2. The highest BCUT2D eigenvalue weighted by Gasteiger charge is 2.09. The summed E-state index contributed by atoms with van der Waals surface area (Å²) >= 11 is 0. The van der Waals surface area contributed by atoms with Crippen LogP contribution in [0.2, 0.25) is 0 Å². The Morgan fingerprint density at radius 2 is 1.90 bits per heavy atom. The Kier molecular flexibility index (Phi) is 5.19. The molecule has 2 aromatic rings. The maximum Gasteiger partial charge on any atom is 0.120 e. The maximum atomic E-state index is 9.04. The molecule has 0 radical (unpaired) electrons. The Balaban J connectivity index is 2.02.